The quantitative estimate of drug-likeness (QED) is 0.732. The molecule has 0 bridgehead atoms. The summed E-state index contributed by atoms with van der Waals surface area (Å²) in [6.07, 6.45) is 1.25. The molecule has 0 radical (unpaired) electrons. The van der Waals surface area contributed by atoms with Crippen molar-refractivity contribution in [2.24, 2.45) is 5.73 Å². The van der Waals surface area contributed by atoms with Gasteiger partial charge in [0.15, 0.2) is 0 Å². The van der Waals surface area contributed by atoms with E-state index in [2.05, 4.69) is 34.3 Å². The maximum absolute atomic E-state index is 12.3. The van der Waals surface area contributed by atoms with E-state index in [0.29, 0.717) is 6.54 Å². The number of anilines is 1. The lowest BCUT2D eigenvalue weighted by Gasteiger charge is -2.32. The molecular formula is C18H31Cl3N4O2. The molecule has 3 rings (SSSR count). The highest BCUT2D eigenvalue weighted by atomic mass is 35.5. The topological polar surface area (TPSA) is 70.8 Å². The van der Waals surface area contributed by atoms with E-state index in [-0.39, 0.29) is 55.3 Å². The summed E-state index contributed by atoms with van der Waals surface area (Å²) in [7, 11) is 2.16. The summed E-state index contributed by atoms with van der Waals surface area (Å²) in [5, 5.41) is 2.98. The van der Waals surface area contributed by atoms with Crippen LogP contribution in [0.3, 0.4) is 0 Å². The van der Waals surface area contributed by atoms with E-state index in [1.165, 1.54) is 5.56 Å². The number of nitrogens with zero attached hydrogens (tertiary/aromatic N) is 2. The zero-order chi connectivity index (χ0) is 16.9. The van der Waals surface area contributed by atoms with E-state index in [1.807, 2.05) is 12.1 Å². The van der Waals surface area contributed by atoms with E-state index >= 15 is 0 Å². The second-order valence-corrected chi connectivity index (χ2v) is 6.83. The number of likely N-dealkylation sites (N-methyl/N-ethyl adjacent to an activating group) is 1. The summed E-state index contributed by atoms with van der Waals surface area (Å²) < 4.78 is 5.66. The molecule has 0 aromatic heterocycles. The fourth-order valence-corrected chi connectivity index (χ4v) is 3.31. The molecule has 1 aromatic carbocycles. The first kappa shape index (κ1) is 26.4. The molecule has 2 heterocycles. The Morgan fingerprint density at radius 3 is 2.52 bits per heavy atom. The minimum Gasteiger partial charge on any atom is -0.364 e. The minimum atomic E-state index is -0.375. The summed E-state index contributed by atoms with van der Waals surface area (Å²) in [5.74, 6) is -0.0669. The summed E-state index contributed by atoms with van der Waals surface area (Å²) in [4.78, 5) is 17.1. The normalized spacial score (nSPS) is 22.9. The molecule has 2 aliphatic rings. The number of carbonyl (C=O) groups excluding carboxylic acids is 1. The van der Waals surface area contributed by atoms with Crippen LogP contribution in [-0.2, 0) is 16.1 Å². The van der Waals surface area contributed by atoms with Gasteiger partial charge in [0.25, 0.3) is 5.91 Å². The molecule has 27 heavy (non-hydrogen) atoms. The van der Waals surface area contributed by atoms with Crippen molar-refractivity contribution in [1.29, 1.82) is 0 Å². The number of rotatable bonds is 5. The van der Waals surface area contributed by atoms with Gasteiger partial charge in [0.1, 0.15) is 6.10 Å². The van der Waals surface area contributed by atoms with Crippen molar-refractivity contribution in [3.63, 3.8) is 0 Å². The van der Waals surface area contributed by atoms with Crippen LogP contribution in [0, 0.1) is 0 Å². The smallest absolute Gasteiger partial charge is 0.253 e. The van der Waals surface area contributed by atoms with Crippen LogP contribution in [0.15, 0.2) is 24.3 Å². The van der Waals surface area contributed by atoms with Crippen molar-refractivity contribution < 1.29 is 9.53 Å². The van der Waals surface area contributed by atoms with Gasteiger partial charge in [-0.25, -0.2) is 0 Å². The molecule has 6 nitrogen and oxygen atoms in total. The predicted molar refractivity (Wildman–Crippen MR) is 117 cm³/mol. The Balaban J connectivity index is 0.00000225. The summed E-state index contributed by atoms with van der Waals surface area (Å²) in [6, 6.07) is 8.11. The Hall–Kier alpha value is -0.600. The van der Waals surface area contributed by atoms with Gasteiger partial charge in [0, 0.05) is 45.0 Å². The maximum atomic E-state index is 12.3. The Kier molecular flexibility index (Phi) is 12.5. The van der Waals surface area contributed by atoms with Crippen LogP contribution in [0.2, 0.25) is 0 Å². The van der Waals surface area contributed by atoms with Gasteiger partial charge in [-0.2, -0.15) is 0 Å². The van der Waals surface area contributed by atoms with Gasteiger partial charge < -0.3 is 20.7 Å². The molecule has 0 aliphatic carbocycles. The van der Waals surface area contributed by atoms with Crippen LogP contribution in [0.5, 0.6) is 0 Å². The van der Waals surface area contributed by atoms with Crippen LogP contribution in [0.1, 0.15) is 18.4 Å². The molecule has 2 saturated heterocycles. The first-order valence-electron chi connectivity index (χ1n) is 8.80. The standard InChI is InChI=1S/C18H28N4O2.3ClH/c1-21-7-9-22(10-8-21)13-14-3-2-4-15(11-14)20-18(23)17-6-5-16(12-19)24-17;;;/h2-4,11,16-17H,5-10,12-13,19H2,1H3,(H,20,23);3*1H/t16-,17+;;;/m1.../s1. The average Bonchev–Trinajstić information content (AvgIpc) is 3.07. The van der Waals surface area contributed by atoms with Gasteiger partial charge in [-0.3, -0.25) is 9.69 Å². The largest absolute Gasteiger partial charge is 0.364 e. The third-order valence-corrected chi connectivity index (χ3v) is 4.86. The summed E-state index contributed by atoms with van der Waals surface area (Å²) >= 11 is 0. The van der Waals surface area contributed by atoms with Gasteiger partial charge in [-0.15, -0.1) is 37.2 Å². The van der Waals surface area contributed by atoms with E-state index in [4.69, 9.17) is 10.5 Å². The first-order chi connectivity index (χ1) is 11.6. The molecule has 0 spiro atoms. The average molecular weight is 442 g/mol. The second-order valence-electron chi connectivity index (χ2n) is 6.83. The Morgan fingerprint density at radius 1 is 1.19 bits per heavy atom. The number of amides is 1. The molecule has 1 aromatic rings. The molecule has 1 amide bonds. The number of hydrogen-bond donors (Lipinski definition) is 2. The van der Waals surface area contributed by atoms with Crippen LogP contribution < -0.4 is 11.1 Å². The van der Waals surface area contributed by atoms with Gasteiger partial charge in [-0.1, -0.05) is 12.1 Å². The van der Waals surface area contributed by atoms with Crippen molar-refractivity contribution >= 4 is 48.8 Å². The monoisotopic (exact) mass is 440 g/mol. The lowest BCUT2D eigenvalue weighted by Crippen LogP contribution is -2.43. The number of nitrogens with two attached hydrogens (primary N) is 1. The summed E-state index contributed by atoms with van der Waals surface area (Å²) in [5.41, 5.74) is 7.67. The molecular weight excluding hydrogens is 411 g/mol. The molecule has 2 fully saturated rings. The number of piperazine rings is 1. The van der Waals surface area contributed by atoms with Gasteiger partial charge in [-0.05, 0) is 37.6 Å². The van der Waals surface area contributed by atoms with Gasteiger partial charge in [0.2, 0.25) is 0 Å². The Labute approximate surface area is 180 Å². The van der Waals surface area contributed by atoms with E-state index in [0.717, 1.165) is 51.3 Å². The SMILES string of the molecule is CN1CCN(Cc2cccc(NC(=O)[C@@H]3CC[C@H](CN)O3)c2)CC1.Cl.Cl.Cl. The number of nitrogens with one attached hydrogen (secondary N) is 1. The number of carbonyl (C=O) groups is 1. The molecule has 156 valence electrons. The van der Waals surface area contributed by atoms with Crippen LogP contribution >= 0.6 is 37.2 Å². The minimum absolute atomic E-state index is 0. The third-order valence-electron chi connectivity index (χ3n) is 4.86. The highest BCUT2D eigenvalue weighted by Gasteiger charge is 2.29. The van der Waals surface area contributed by atoms with Crippen molar-refractivity contribution in [3.05, 3.63) is 29.8 Å². The van der Waals surface area contributed by atoms with Crippen LogP contribution in [0.4, 0.5) is 5.69 Å². The van der Waals surface area contributed by atoms with Crippen molar-refractivity contribution in [2.45, 2.75) is 31.6 Å². The lowest BCUT2D eigenvalue weighted by molar-refractivity contribution is -0.126. The van der Waals surface area contributed by atoms with Crippen molar-refractivity contribution in [1.82, 2.24) is 9.80 Å². The molecule has 2 aliphatic heterocycles. The fourth-order valence-electron chi connectivity index (χ4n) is 3.31. The highest BCUT2D eigenvalue weighted by Crippen LogP contribution is 2.21. The molecule has 3 N–H and O–H groups in total. The number of hydrogen-bond acceptors (Lipinski definition) is 5. The van der Waals surface area contributed by atoms with Crippen molar-refractivity contribution in [2.75, 3.05) is 45.1 Å². The zero-order valence-corrected chi connectivity index (χ0v) is 18.1. The highest BCUT2D eigenvalue weighted by molar-refractivity contribution is 5.94. The van der Waals surface area contributed by atoms with Gasteiger partial charge in [0.05, 0.1) is 6.10 Å². The van der Waals surface area contributed by atoms with E-state index in [1.54, 1.807) is 0 Å². The van der Waals surface area contributed by atoms with E-state index in [9.17, 15) is 4.79 Å². The second kappa shape index (κ2) is 12.8. The molecule has 0 unspecified atom stereocenters. The summed E-state index contributed by atoms with van der Waals surface area (Å²) in [6.45, 7) is 5.79. The van der Waals surface area contributed by atoms with Gasteiger partial charge >= 0.3 is 0 Å². The Bertz CT molecular complexity index is 571. The maximum Gasteiger partial charge on any atom is 0.253 e. The van der Waals surface area contributed by atoms with Crippen LogP contribution in [-0.4, -0.2) is 67.7 Å². The zero-order valence-electron chi connectivity index (χ0n) is 15.6. The van der Waals surface area contributed by atoms with E-state index < -0.39 is 0 Å². The molecule has 0 saturated carbocycles. The number of benzene rings is 1. The number of ether oxygens (including phenoxy) is 1. The molecule has 2 atom stereocenters. The van der Waals surface area contributed by atoms with Crippen LogP contribution in [0.25, 0.3) is 0 Å². The molecule has 9 heteroatoms. The first-order valence-corrected chi connectivity index (χ1v) is 8.80. The number of halogens is 3. The fraction of sp³-hybridized carbons (Fsp3) is 0.611. The lowest BCUT2D eigenvalue weighted by atomic mass is 10.1. The third kappa shape index (κ3) is 7.74. The predicted octanol–water partition coefficient (Wildman–Crippen LogP) is 2.14. The Morgan fingerprint density at radius 2 is 1.89 bits per heavy atom. The van der Waals surface area contributed by atoms with Crippen molar-refractivity contribution in [3.8, 4) is 0 Å².